The fraction of sp³-hybridized carbons (Fsp3) is 0.647. The summed E-state index contributed by atoms with van der Waals surface area (Å²) in [6.07, 6.45) is 4.55. The van der Waals surface area contributed by atoms with E-state index in [1.165, 1.54) is 0 Å². The van der Waals surface area contributed by atoms with E-state index in [1.807, 2.05) is 18.2 Å². The average Bonchev–Trinajstić information content (AvgIpc) is 2.81. The van der Waals surface area contributed by atoms with Gasteiger partial charge >= 0.3 is 0 Å². The Morgan fingerprint density at radius 2 is 2.19 bits per heavy atom. The summed E-state index contributed by atoms with van der Waals surface area (Å²) in [4.78, 5) is 16.7. The summed E-state index contributed by atoms with van der Waals surface area (Å²) in [6.45, 7) is 8.39. The Morgan fingerprint density at radius 1 is 1.43 bits per heavy atom. The molecular weight excluding hydrogens is 264 g/mol. The minimum absolute atomic E-state index is 0.0414. The maximum Gasteiger partial charge on any atom is 0.223 e. The van der Waals surface area contributed by atoms with Gasteiger partial charge in [0, 0.05) is 6.20 Å². The van der Waals surface area contributed by atoms with Gasteiger partial charge in [0.25, 0.3) is 0 Å². The number of aromatic nitrogens is 1. The molecule has 21 heavy (non-hydrogen) atoms. The molecule has 0 spiro atoms. The van der Waals surface area contributed by atoms with Crippen molar-refractivity contribution < 1.29 is 9.53 Å². The lowest BCUT2D eigenvalue weighted by Crippen LogP contribution is -2.38. The van der Waals surface area contributed by atoms with Crippen LogP contribution in [0, 0.1) is 5.41 Å². The lowest BCUT2D eigenvalue weighted by atomic mass is 9.84. The molecule has 4 nitrogen and oxygen atoms in total. The highest BCUT2D eigenvalue weighted by Gasteiger charge is 2.30. The second kappa shape index (κ2) is 6.56. The second-order valence-electron chi connectivity index (χ2n) is 6.97. The second-order valence-corrected chi connectivity index (χ2v) is 6.97. The van der Waals surface area contributed by atoms with Crippen LogP contribution >= 0.6 is 0 Å². The first-order valence-electron chi connectivity index (χ1n) is 7.72. The maximum absolute atomic E-state index is 12.3. The molecule has 1 aliphatic rings. The van der Waals surface area contributed by atoms with E-state index >= 15 is 0 Å². The molecule has 1 N–H and O–H groups in total. The number of ether oxygens (including phenoxy) is 1. The number of amides is 1. The summed E-state index contributed by atoms with van der Waals surface area (Å²) in [7, 11) is 0. The molecule has 116 valence electrons. The van der Waals surface area contributed by atoms with Gasteiger partial charge in [0.2, 0.25) is 5.91 Å². The standard InChI is InChI=1S/C17H26N2O2/c1-12-8-9-13(21-12)11-15(20)19-16(17(2,3)4)14-7-5-6-10-18-14/h5-7,10,12-13,16H,8-9,11H2,1-4H3,(H,19,20)/t12?,13-,16+/m0/s1. The average molecular weight is 290 g/mol. The zero-order valence-corrected chi connectivity index (χ0v) is 13.4. The van der Waals surface area contributed by atoms with Gasteiger partial charge in [-0.3, -0.25) is 9.78 Å². The van der Waals surface area contributed by atoms with Gasteiger partial charge < -0.3 is 10.1 Å². The fourth-order valence-electron chi connectivity index (χ4n) is 2.74. The Hall–Kier alpha value is -1.42. The molecule has 0 saturated carbocycles. The number of pyridine rings is 1. The van der Waals surface area contributed by atoms with Crippen molar-refractivity contribution in [1.82, 2.24) is 10.3 Å². The van der Waals surface area contributed by atoms with E-state index in [1.54, 1.807) is 6.20 Å². The number of carbonyl (C=O) groups is 1. The topological polar surface area (TPSA) is 51.2 Å². The van der Waals surface area contributed by atoms with Gasteiger partial charge in [0.05, 0.1) is 30.4 Å². The van der Waals surface area contributed by atoms with Crippen LogP contribution in [0.3, 0.4) is 0 Å². The third kappa shape index (κ3) is 4.53. The first kappa shape index (κ1) is 16.0. The molecule has 1 unspecified atom stereocenters. The van der Waals surface area contributed by atoms with Gasteiger partial charge in [-0.2, -0.15) is 0 Å². The number of rotatable bonds is 4. The van der Waals surface area contributed by atoms with E-state index in [0.29, 0.717) is 6.42 Å². The van der Waals surface area contributed by atoms with Crippen molar-refractivity contribution in [3.63, 3.8) is 0 Å². The Morgan fingerprint density at radius 3 is 2.71 bits per heavy atom. The summed E-state index contributed by atoms with van der Waals surface area (Å²) in [5, 5.41) is 3.13. The summed E-state index contributed by atoms with van der Waals surface area (Å²) in [5.74, 6) is 0.0414. The summed E-state index contributed by atoms with van der Waals surface area (Å²) in [5.41, 5.74) is 0.812. The predicted molar refractivity (Wildman–Crippen MR) is 82.8 cm³/mol. The molecule has 0 radical (unpaired) electrons. The van der Waals surface area contributed by atoms with Crippen molar-refractivity contribution in [2.45, 2.75) is 65.2 Å². The third-order valence-electron chi connectivity index (χ3n) is 3.89. The van der Waals surface area contributed by atoms with Crippen molar-refractivity contribution in [3.8, 4) is 0 Å². The SMILES string of the molecule is CC1CC[C@@H](CC(=O)N[C@H](c2ccccn2)C(C)(C)C)O1. The van der Waals surface area contributed by atoms with E-state index < -0.39 is 0 Å². The Balaban J connectivity index is 2.01. The van der Waals surface area contributed by atoms with Crippen LogP contribution in [0.5, 0.6) is 0 Å². The Kier molecular flexibility index (Phi) is 4.99. The lowest BCUT2D eigenvalue weighted by molar-refractivity contribution is -0.125. The molecule has 2 heterocycles. The number of nitrogens with zero attached hydrogens (tertiary/aromatic N) is 1. The van der Waals surface area contributed by atoms with E-state index in [9.17, 15) is 4.79 Å². The quantitative estimate of drug-likeness (QED) is 0.926. The van der Waals surface area contributed by atoms with E-state index in [2.05, 4.69) is 38.0 Å². The molecule has 1 saturated heterocycles. The largest absolute Gasteiger partial charge is 0.375 e. The molecule has 1 fully saturated rings. The zero-order chi connectivity index (χ0) is 15.5. The molecule has 1 aromatic heterocycles. The number of hydrogen-bond donors (Lipinski definition) is 1. The number of hydrogen-bond acceptors (Lipinski definition) is 3. The van der Waals surface area contributed by atoms with Gasteiger partial charge in [-0.25, -0.2) is 0 Å². The summed E-state index contributed by atoms with van der Waals surface area (Å²) >= 11 is 0. The van der Waals surface area contributed by atoms with E-state index in [0.717, 1.165) is 18.5 Å². The monoisotopic (exact) mass is 290 g/mol. The lowest BCUT2D eigenvalue weighted by Gasteiger charge is -2.31. The molecule has 3 atom stereocenters. The van der Waals surface area contributed by atoms with Crippen LogP contribution in [-0.4, -0.2) is 23.1 Å². The molecule has 2 rings (SSSR count). The Bertz CT molecular complexity index is 467. The number of nitrogens with one attached hydrogen (secondary N) is 1. The van der Waals surface area contributed by atoms with Gasteiger partial charge in [0.15, 0.2) is 0 Å². The first-order chi connectivity index (χ1) is 9.86. The van der Waals surface area contributed by atoms with Crippen molar-refractivity contribution >= 4 is 5.91 Å². The van der Waals surface area contributed by atoms with Crippen molar-refractivity contribution in [3.05, 3.63) is 30.1 Å². The molecule has 1 amide bonds. The van der Waals surface area contributed by atoms with E-state index in [4.69, 9.17) is 4.74 Å². The van der Waals surface area contributed by atoms with Gasteiger partial charge in [-0.15, -0.1) is 0 Å². The fourth-order valence-corrected chi connectivity index (χ4v) is 2.74. The van der Waals surface area contributed by atoms with Gasteiger partial charge in [0.1, 0.15) is 0 Å². The van der Waals surface area contributed by atoms with Gasteiger partial charge in [-0.1, -0.05) is 26.8 Å². The summed E-state index contributed by atoms with van der Waals surface area (Å²) < 4.78 is 5.73. The molecule has 1 aliphatic heterocycles. The van der Waals surface area contributed by atoms with Crippen LogP contribution in [0.1, 0.15) is 58.7 Å². The Labute approximate surface area is 127 Å². The van der Waals surface area contributed by atoms with Crippen molar-refractivity contribution in [1.29, 1.82) is 0 Å². The molecule has 4 heteroatoms. The van der Waals surface area contributed by atoms with E-state index in [-0.39, 0.29) is 29.6 Å². The maximum atomic E-state index is 12.3. The highest BCUT2D eigenvalue weighted by Crippen LogP contribution is 2.32. The minimum Gasteiger partial charge on any atom is -0.375 e. The van der Waals surface area contributed by atoms with Crippen LogP contribution in [0.4, 0.5) is 0 Å². The van der Waals surface area contributed by atoms with Crippen molar-refractivity contribution in [2.24, 2.45) is 5.41 Å². The molecule has 0 aromatic carbocycles. The highest BCUT2D eigenvalue weighted by molar-refractivity contribution is 5.77. The predicted octanol–water partition coefficient (Wildman–Crippen LogP) is 3.24. The van der Waals surface area contributed by atoms with Crippen LogP contribution in [0.15, 0.2) is 24.4 Å². The first-order valence-corrected chi connectivity index (χ1v) is 7.72. The molecule has 0 bridgehead atoms. The van der Waals surface area contributed by atoms with Crippen LogP contribution in [-0.2, 0) is 9.53 Å². The van der Waals surface area contributed by atoms with Crippen LogP contribution in [0.2, 0.25) is 0 Å². The highest BCUT2D eigenvalue weighted by atomic mass is 16.5. The smallest absolute Gasteiger partial charge is 0.223 e. The minimum atomic E-state index is -0.0926. The molecular formula is C17H26N2O2. The van der Waals surface area contributed by atoms with Crippen molar-refractivity contribution in [2.75, 3.05) is 0 Å². The van der Waals surface area contributed by atoms with Gasteiger partial charge in [-0.05, 0) is 37.3 Å². The normalized spacial score (nSPS) is 23.8. The molecule has 0 aliphatic carbocycles. The zero-order valence-electron chi connectivity index (χ0n) is 13.4. The van der Waals surface area contributed by atoms with Crippen LogP contribution in [0.25, 0.3) is 0 Å². The van der Waals surface area contributed by atoms with Crippen LogP contribution < -0.4 is 5.32 Å². The summed E-state index contributed by atoms with van der Waals surface area (Å²) in [6, 6.07) is 5.71. The molecule has 1 aromatic rings. The number of carbonyl (C=O) groups excluding carboxylic acids is 1. The third-order valence-corrected chi connectivity index (χ3v) is 3.89.